The van der Waals surface area contributed by atoms with Crippen LogP contribution in [0.5, 0.6) is 0 Å². The zero-order valence-electron chi connectivity index (χ0n) is 22.7. The van der Waals surface area contributed by atoms with Gasteiger partial charge in [0.05, 0.1) is 10.2 Å². The first-order chi connectivity index (χ1) is 19.3. The van der Waals surface area contributed by atoms with Gasteiger partial charge in [0, 0.05) is 23.7 Å². The van der Waals surface area contributed by atoms with E-state index in [1.807, 2.05) is 78.5 Å². The SMILES string of the molecule is Cc1ccc(Cc2nn3c(=O)c(=Cc4cn(-c5ccccc5)nc4-c4c(C)cc(C)cc4C)sc3nc2=O)cc1. The van der Waals surface area contributed by atoms with Crippen molar-refractivity contribution >= 4 is 22.4 Å². The molecule has 0 amide bonds. The van der Waals surface area contributed by atoms with Crippen LogP contribution in [0.25, 0.3) is 28.0 Å². The van der Waals surface area contributed by atoms with Gasteiger partial charge in [-0.25, -0.2) is 4.68 Å². The third kappa shape index (κ3) is 4.78. The Kier molecular flexibility index (Phi) is 6.48. The fourth-order valence-corrected chi connectivity index (χ4v) is 5.94. The lowest BCUT2D eigenvalue weighted by Crippen LogP contribution is -2.28. The van der Waals surface area contributed by atoms with Crippen molar-refractivity contribution in [2.75, 3.05) is 0 Å². The Morgan fingerprint density at radius 2 is 1.55 bits per heavy atom. The second-order valence-corrected chi connectivity index (χ2v) is 11.1. The third-order valence-corrected chi connectivity index (χ3v) is 7.87. The van der Waals surface area contributed by atoms with Gasteiger partial charge in [-0.2, -0.15) is 19.7 Å². The number of para-hydroxylation sites is 1. The second kappa shape index (κ2) is 10.1. The number of hydrogen-bond acceptors (Lipinski definition) is 6. The topological polar surface area (TPSA) is 82.2 Å². The van der Waals surface area contributed by atoms with Crippen molar-refractivity contribution in [1.29, 1.82) is 0 Å². The minimum atomic E-state index is -0.420. The highest BCUT2D eigenvalue weighted by atomic mass is 32.1. The van der Waals surface area contributed by atoms with Gasteiger partial charge in [0.15, 0.2) is 0 Å². The monoisotopic (exact) mass is 545 g/mol. The Morgan fingerprint density at radius 1 is 0.850 bits per heavy atom. The first kappa shape index (κ1) is 25.6. The molecule has 0 saturated heterocycles. The van der Waals surface area contributed by atoms with Crippen LogP contribution >= 0.6 is 11.3 Å². The predicted molar refractivity (Wildman–Crippen MR) is 159 cm³/mol. The van der Waals surface area contributed by atoms with Gasteiger partial charge in [-0.1, -0.05) is 77.1 Å². The molecule has 0 atom stereocenters. The first-order valence-corrected chi connectivity index (χ1v) is 13.8. The number of nitrogens with zero attached hydrogens (tertiary/aromatic N) is 5. The summed E-state index contributed by atoms with van der Waals surface area (Å²) in [5, 5.41) is 9.39. The van der Waals surface area contributed by atoms with E-state index in [0.717, 1.165) is 56.1 Å². The molecule has 6 aromatic rings. The van der Waals surface area contributed by atoms with Crippen molar-refractivity contribution < 1.29 is 0 Å². The molecular formula is C32H27N5O2S. The highest BCUT2D eigenvalue weighted by Crippen LogP contribution is 2.31. The Balaban J connectivity index is 1.51. The number of aryl methyl sites for hydroxylation is 4. The number of aromatic nitrogens is 5. The Bertz CT molecular complexity index is 2030. The molecule has 0 aliphatic carbocycles. The van der Waals surface area contributed by atoms with Gasteiger partial charge in [0.25, 0.3) is 11.1 Å². The van der Waals surface area contributed by atoms with Crippen LogP contribution in [0.3, 0.4) is 0 Å². The van der Waals surface area contributed by atoms with Crippen molar-refractivity contribution in [1.82, 2.24) is 24.4 Å². The van der Waals surface area contributed by atoms with Crippen LogP contribution in [-0.4, -0.2) is 24.4 Å². The minimum absolute atomic E-state index is 0.242. The lowest BCUT2D eigenvalue weighted by atomic mass is 9.95. The molecule has 198 valence electrons. The summed E-state index contributed by atoms with van der Waals surface area (Å²) in [5.41, 5.74) is 8.51. The van der Waals surface area contributed by atoms with Gasteiger partial charge in [-0.15, -0.1) is 0 Å². The van der Waals surface area contributed by atoms with Crippen LogP contribution in [-0.2, 0) is 6.42 Å². The summed E-state index contributed by atoms with van der Waals surface area (Å²) in [4.78, 5) is 30.8. The Hall–Kier alpha value is -4.69. The standard InChI is InChI=1S/C32H27N5O2S/c1-19-10-12-23(13-11-19)16-26-30(38)33-32-37(34-26)31(39)27(40-32)17-24-18-36(25-8-6-5-7-9-25)35-29(24)28-21(3)14-20(2)15-22(28)4/h5-15,17-18H,16H2,1-4H3. The smallest absolute Gasteiger partial charge is 0.266 e. The van der Waals surface area contributed by atoms with E-state index in [1.54, 1.807) is 0 Å². The lowest BCUT2D eigenvalue weighted by Gasteiger charge is -2.10. The van der Waals surface area contributed by atoms with Crippen molar-refractivity contribution in [3.63, 3.8) is 0 Å². The molecular weight excluding hydrogens is 518 g/mol. The number of rotatable bonds is 5. The number of benzene rings is 3. The molecule has 3 aromatic heterocycles. The van der Waals surface area contributed by atoms with Crippen LogP contribution in [0.4, 0.5) is 0 Å². The van der Waals surface area contributed by atoms with Crippen molar-refractivity contribution in [3.05, 3.63) is 137 Å². The van der Waals surface area contributed by atoms with Crippen LogP contribution in [0.1, 0.15) is 39.1 Å². The molecule has 7 nitrogen and oxygen atoms in total. The molecule has 0 aliphatic rings. The van der Waals surface area contributed by atoms with Gasteiger partial charge >= 0.3 is 0 Å². The van der Waals surface area contributed by atoms with E-state index in [-0.39, 0.29) is 16.2 Å². The maximum Gasteiger partial charge on any atom is 0.296 e. The van der Waals surface area contributed by atoms with Gasteiger partial charge in [-0.3, -0.25) is 9.59 Å². The summed E-state index contributed by atoms with van der Waals surface area (Å²) in [7, 11) is 0. The molecule has 0 N–H and O–H groups in total. The molecule has 3 heterocycles. The first-order valence-electron chi connectivity index (χ1n) is 13.0. The molecule has 0 fully saturated rings. The van der Waals surface area contributed by atoms with E-state index >= 15 is 0 Å². The van der Waals surface area contributed by atoms with Gasteiger partial charge in [0.2, 0.25) is 4.96 Å². The minimum Gasteiger partial charge on any atom is -0.266 e. The second-order valence-electron chi connectivity index (χ2n) is 10.1. The molecule has 0 bridgehead atoms. The zero-order valence-corrected chi connectivity index (χ0v) is 23.5. The largest absolute Gasteiger partial charge is 0.296 e. The summed E-state index contributed by atoms with van der Waals surface area (Å²) in [6.45, 7) is 8.24. The van der Waals surface area contributed by atoms with Crippen LogP contribution in [0.15, 0.2) is 82.5 Å². The molecule has 0 aliphatic heterocycles. The van der Waals surface area contributed by atoms with Gasteiger partial charge in [0.1, 0.15) is 11.4 Å². The summed E-state index contributed by atoms with van der Waals surface area (Å²) in [6, 6.07) is 22.0. The molecule has 6 rings (SSSR count). The summed E-state index contributed by atoms with van der Waals surface area (Å²) in [5.74, 6) is 0. The molecule has 0 unspecified atom stereocenters. The number of fused-ring (bicyclic) bond motifs is 1. The fraction of sp³-hybridized carbons (Fsp3) is 0.156. The van der Waals surface area contributed by atoms with Crippen molar-refractivity contribution in [3.8, 4) is 16.9 Å². The van der Waals surface area contributed by atoms with E-state index in [0.29, 0.717) is 11.0 Å². The van der Waals surface area contributed by atoms with E-state index in [1.165, 1.54) is 10.1 Å². The molecule has 40 heavy (non-hydrogen) atoms. The van der Waals surface area contributed by atoms with Crippen LogP contribution in [0.2, 0.25) is 0 Å². The third-order valence-electron chi connectivity index (χ3n) is 6.91. The summed E-state index contributed by atoms with van der Waals surface area (Å²) >= 11 is 1.15. The van der Waals surface area contributed by atoms with Gasteiger partial charge in [-0.05, 0) is 62.6 Å². The maximum atomic E-state index is 13.5. The molecule has 3 aromatic carbocycles. The number of thiazole rings is 1. The van der Waals surface area contributed by atoms with Crippen LogP contribution in [0, 0.1) is 27.7 Å². The van der Waals surface area contributed by atoms with E-state index in [2.05, 4.69) is 43.0 Å². The quantitative estimate of drug-likeness (QED) is 0.313. The molecule has 8 heteroatoms. The molecule has 0 saturated carbocycles. The Labute approximate surface area is 234 Å². The van der Waals surface area contributed by atoms with Crippen molar-refractivity contribution in [2.24, 2.45) is 0 Å². The molecule has 0 radical (unpaired) electrons. The average molecular weight is 546 g/mol. The summed E-state index contributed by atoms with van der Waals surface area (Å²) in [6.07, 6.45) is 4.07. The van der Waals surface area contributed by atoms with E-state index in [4.69, 9.17) is 5.10 Å². The predicted octanol–water partition coefficient (Wildman–Crippen LogP) is 4.74. The average Bonchev–Trinajstić information content (AvgIpc) is 3.46. The highest BCUT2D eigenvalue weighted by Gasteiger charge is 2.17. The Morgan fingerprint density at radius 3 is 2.25 bits per heavy atom. The zero-order chi connectivity index (χ0) is 28.0. The molecule has 0 spiro atoms. The lowest BCUT2D eigenvalue weighted by molar-refractivity contribution is 0.811. The highest BCUT2D eigenvalue weighted by molar-refractivity contribution is 7.15. The van der Waals surface area contributed by atoms with E-state index in [9.17, 15) is 9.59 Å². The maximum absolute atomic E-state index is 13.5. The number of hydrogen-bond donors (Lipinski definition) is 0. The van der Waals surface area contributed by atoms with E-state index < -0.39 is 5.56 Å². The van der Waals surface area contributed by atoms with Crippen LogP contribution < -0.4 is 15.7 Å². The van der Waals surface area contributed by atoms with Gasteiger partial charge < -0.3 is 0 Å². The normalized spacial score (nSPS) is 11.9. The summed E-state index contributed by atoms with van der Waals surface area (Å²) < 4.78 is 3.50. The fourth-order valence-electron chi connectivity index (χ4n) is 5.05. The van der Waals surface area contributed by atoms with Crippen molar-refractivity contribution in [2.45, 2.75) is 34.1 Å².